The zero-order valence-electron chi connectivity index (χ0n) is 22.8. The Bertz CT molecular complexity index is 1810. The molecule has 2 aliphatic heterocycles. The third kappa shape index (κ3) is 6.31. The lowest BCUT2D eigenvalue weighted by molar-refractivity contribution is -0.156. The molecule has 45 heavy (non-hydrogen) atoms. The monoisotopic (exact) mass is 673 g/mol. The van der Waals surface area contributed by atoms with E-state index in [1.54, 1.807) is 4.90 Å². The van der Waals surface area contributed by atoms with E-state index in [9.17, 15) is 49.5 Å². The lowest BCUT2D eigenvalue weighted by Crippen LogP contribution is -2.62. The van der Waals surface area contributed by atoms with E-state index in [1.165, 1.54) is 30.3 Å². The van der Waals surface area contributed by atoms with Gasteiger partial charge in [0.05, 0.1) is 40.0 Å². The summed E-state index contributed by atoms with van der Waals surface area (Å²) >= 11 is 6.05. The molecule has 1 amide bonds. The largest absolute Gasteiger partial charge is 0.474 e. The van der Waals surface area contributed by atoms with Crippen molar-refractivity contribution < 1.29 is 49.5 Å². The van der Waals surface area contributed by atoms with Crippen LogP contribution >= 0.6 is 11.6 Å². The van der Waals surface area contributed by atoms with E-state index in [0.29, 0.717) is 17.8 Å². The molecule has 1 unspecified atom stereocenters. The molecular formula is C29H22ClF6N3O5S. The van der Waals surface area contributed by atoms with E-state index in [0.717, 1.165) is 39.5 Å². The van der Waals surface area contributed by atoms with Gasteiger partial charge in [0.25, 0.3) is 10.0 Å². The van der Waals surface area contributed by atoms with Crippen LogP contribution in [0.15, 0.2) is 65.6 Å². The second kappa shape index (κ2) is 11.6. The third-order valence-corrected chi connectivity index (χ3v) is 9.56. The SMILES string of the molecule is O=C(O)C(=O)N1CCN2c3ccc(C=Cc4c(Cl)cccc4C(F)(F)F)cc3N(S(=O)(=O)c3cccc(C(F)(F)F)c3)CC2C1. The summed E-state index contributed by atoms with van der Waals surface area (Å²) in [5.41, 5.74) is -1.92. The first-order valence-corrected chi connectivity index (χ1v) is 15.0. The van der Waals surface area contributed by atoms with E-state index in [2.05, 4.69) is 0 Å². The van der Waals surface area contributed by atoms with Crippen LogP contribution in [0, 0.1) is 0 Å². The first-order valence-electron chi connectivity index (χ1n) is 13.1. The number of amides is 1. The summed E-state index contributed by atoms with van der Waals surface area (Å²) in [4.78, 5) is 25.6. The maximum atomic E-state index is 13.9. The van der Waals surface area contributed by atoms with Gasteiger partial charge in [-0.15, -0.1) is 0 Å². The molecule has 3 aromatic carbocycles. The van der Waals surface area contributed by atoms with Gasteiger partial charge in [-0.25, -0.2) is 13.2 Å². The molecule has 3 aromatic rings. The lowest BCUT2D eigenvalue weighted by atomic mass is 10.0. The van der Waals surface area contributed by atoms with Crippen molar-refractivity contribution in [2.24, 2.45) is 0 Å². The highest BCUT2D eigenvalue weighted by Crippen LogP contribution is 2.42. The van der Waals surface area contributed by atoms with Gasteiger partial charge in [-0.2, -0.15) is 26.3 Å². The number of aliphatic carboxylic acids is 1. The number of hydrogen-bond donors (Lipinski definition) is 1. The molecule has 1 N–H and O–H groups in total. The quantitative estimate of drug-likeness (QED) is 0.212. The number of piperazine rings is 1. The van der Waals surface area contributed by atoms with Gasteiger partial charge in [0.1, 0.15) is 0 Å². The molecule has 1 fully saturated rings. The van der Waals surface area contributed by atoms with Crippen molar-refractivity contribution >= 4 is 57.0 Å². The van der Waals surface area contributed by atoms with Crippen LogP contribution in [0.4, 0.5) is 37.7 Å². The van der Waals surface area contributed by atoms with Gasteiger partial charge in [0, 0.05) is 30.2 Å². The Morgan fingerprint density at radius 2 is 1.58 bits per heavy atom. The van der Waals surface area contributed by atoms with Crippen molar-refractivity contribution in [2.75, 3.05) is 35.4 Å². The van der Waals surface area contributed by atoms with Crippen molar-refractivity contribution in [2.45, 2.75) is 23.3 Å². The van der Waals surface area contributed by atoms with Crippen LogP contribution in [-0.4, -0.2) is 62.5 Å². The molecule has 8 nitrogen and oxygen atoms in total. The van der Waals surface area contributed by atoms with Gasteiger partial charge in [-0.05, 0) is 48.0 Å². The van der Waals surface area contributed by atoms with Crippen molar-refractivity contribution in [1.82, 2.24) is 4.90 Å². The molecule has 0 radical (unpaired) electrons. The predicted octanol–water partition coefficient (Wildman–Crippen LogP) is 5.86. The molecule has 0 bridgehead atoms. The van der Waals surface area contributed by atoms with Gasteiger partial charge in [-0.1, -0.05) is 42.0 Å². The molecule has 0 aromatic heterocycles. The minimum Gasteiger partial charge on any atom is -0.474 e. The average molecular weight is 674 g/mol. The molecule has 1 saturated heterocycles. The first kappa shape index (κ1) is 32.2. The number of carbonyl (C=O) groups is 2. The minimum absolute atomic E-state index is 0.00414. The standard InChI is InChI=1S/C29H22ClF6N3O5S/c30-23-6-2-5-22(29(34,35)36)21(23)9-7-17-8-10-24-25(13-17)39(16-19-15-37(11-12-38(19)24)26(40)27(41)42)45(43,44)20-4-1-3-18(14-20)28(31,32)33/h1-10,13-14,19H,11-12,15-16H2,(H,41,42). The molecule has 0 aliphatic carbocycles. The second-order valence-corrected chi connectivity index (χ2v) is 12.5. The Kier molecular flexibility index (Phi) is 8.29. The van der Waals surface area contributed by atoms with Gasteiger partial charge in [-0.3, -0.25) is 9.10 Å². The van der Waals surface area contributed by atoms with Crippen molar-refractivity contribution in [1.29, 1.82) is 0 Å². The molecule has 0 spiro atoms. The number of benzene rings is 3. The summed E-state index contributed by atoms with van der Waals surface area (Å²) in [5.74, 6) is -2.89. The van der Waals surface area contributed by atoms with E-state index < -0.39 is 56.3 Å². The molecular weight excluding hydrogens is 652 g/mol. The van der Waals surface area contributed by atoms with Gasteiger partial charge in [0.15, 0.2) is 0 Å². The van der Waals surface area contributed by atoms with Crippen molar-refractivity contribution in [3.63, 3.8) is 0 Å². The maximum Gasteiger partial charge on any atom is 0.417 e. The van der Waals surface area contributed by atoms with Gasteiger partial charge < -0.3 is 14.9 Å². The summed E-state index contributed by atoms with van der Waals surface area (Å²) < 4.78 is 110. The summed E-state index contributed by atoms with van der Waals surface area (Å²) in [6, 6.07) is 10.0. The molecule has 5 rings (SSSR count). The molecule has 238 valence electrons. The van der Waals surface area contributed by atoms with E-state index in [-0.39, 0.29) is 48.0 Å². The van der Waals surface area contributed by atoms with E-state index in [4.69, 9.17) is 11.6 Å². The number of hydrogen-bond acceptors (Lipinski definition) is 5. The summed E-state index contributed by atoms with van der Waals surface area (Å²) in [6.45, 7) is -0.452. The van der Waals surface area contributed by atoms with E-state index >= 15 is 0 Å². The predicted molar refractivity (Wildman–Crippen MR) is 153 cm³/mol. The highest BCUT2D eigenvalue weighted by molar-refractivity contribution is 7.92. The normalized spacial score (nSPS) is 17.3. The minimum atomic E-state index is -4.84. The zero-order chi connectivity index (χ0) is 32.9. The molecule has 2 aliphatic rings. The first-order chi connectivity index (χ1) is 21.0. The van der Waals surface area contributed by atoms with Crippen LogP contribution in [-0.2, 0) is 32.0 Å². The van der Waals surface area contributed by atoms with Crippen LogP contribution in [0.1, 0.15) is 22.3 Å². The summed E-state index contributed by atoms with van der Waals surface area (Å²) in [6.07, 6.45) is -7.13. The fourth-order valence-corrected chi connectivity index (χ4v) is 7.14. The highest BCUT2D eigenvalue weighted by Gasteiger charge is 2.42. The van der Waals surface area contributed by atoms with Crippen molar-refractivity contribution in [3.8, 4) is 0 Å². The number of carboxylic acids is 1. The number of halogens is 7. The number of carbonyl (C=O) groups excluding carboxylic acids is 1. The highest BCUT2D eigenvalue weighted by atomic mass is 35.5. The topological polar surface area (TPSA) is 98.2 Å². The number of sulfonamides is 1. The Hall–Kier alpha value is -4.24. The maximum absolute atomic E-state index is 13.9. The number of alkyl halides is 6. The zero-order valence-corrected chi connectivity index (χ0v) is 24.4. The lowest BCUT2D eigenvalue weighted by Gasteiger charge is -2.48. The Morgan fingerprint density at radius 1 is 0.867 bits per heavy atom. The Balaban J connectivity index is 1.60. The fourth-order valence-electron chi connectivity index (χ4n) is 5.35. The molecule has 2 heterocycles. The van der Waals surface area contributed by atoms with Gasteiger partial charge in [0.2, 0.25) is 0 Å². The fraction of sp³-hybridized carbons (Fsp3) is 0.241. The number of carboxylic acid groups (broad SMARTS) is 1. The van der Waals surface area contributed by atoms with Crippen LogP contribution in [0.2, 0.25) is 5.02 Å². The second-order valence-electron chi connectivity index (χ2n) is 10.2. The van der Waals surface area contributed by atoms with E-state index in [1.807, 2.05) is 0 Å². The number of rotatable bonds is 4. The molecule has 16 heteroatoms. The van der Waals surface area contributed by atoms with Crippen LogP contribution in [0.5, 0.6) is 0 Å². The average Bonchev–Trinajstić information content (AvgIpc) is 2.98. The summed E-state index contributed by atoms with van der Waals surface area (Å²) in [7, 11) is -4.69. The van der Waals surface area contributed by atoms with Crippen LogP contribution < -0.4 is 9.21 Å². The van der Waals surface area contributed by atoms with Crippen LogP contribution in [0.25, 0.3) is 12.2 Å². The molecule has 0 saturated carbocycles. The number of anilines is 2. The van der Waals surface area contributed by atoms with Gasteiger partial charge >= 0.3 is 24.2 Å². The summed E-state index contributed by atoms with van der Waals surface area (Å²) in [5, 5.41) is 9.00. The smallest absolute Gasteiger partial charge is 0.417 e. The molecule has 1 atom stereocenters. The van der Waals surface area contributed by atoms with Crippen LogP contribution in [0.3, 0.4) is 0 Å². The number of fused-ring (bicyclic) bond motifs is 3. The number of nitrogens with zero attached hydrogens (tertiary/aromatic N) is 3. The Labute approximate surface area is 257 Å². The third-order valence-electron chi connectivity index (χ3n) is 7.46. The Morgan fingerprint density at radius 3 is 2.24 bits per heavy atom. The van der Waals surface area contributed by atoms with Crippen molar-refractivity contribution in [3.05, 3.63) is 87.9 Å².